The summed E-state index contributed by atoms with van der Waals surface area (Å²) in [4.78, 5) is 14.6. The van der Waals surface area contributed by atoms with Crippen LogP contribution in [-0.4, -0.2) is 50.4 Å². The lowest BCUT2D eigenvalue weighted by atomic mass is 10.1. The molecule has 1 aliphatic heterocycles. The highest BCUT2D eigenvalue weighted by Gasteiger charge is 2.35. The second-order valence-corrected chi connectivity index (χ2v) is 9.32. The molecule has 23 heavy (non-hydrogen) atoms. The van der Waals surface area contributed by atoms with Crippen LogP contribution in [0, 0.1) is 3.57 Å². The van der Waals surface area contributed by atoms with E-state index >= 15 is 0 Å². The third-order valence-corrected chi connectivity index (χ3v) is 7.12. The molecule has 1 unspecified atom stereocenters. The number of hydrogen-bond acceptors (Lipinski definition) is 4. The van der Waals surface area contributed by atoms with Crippen molar-refractivity contribution >= 4 is 49.9 Å². The molecule has 5 nitrogen and oxygen atoms in total. The van der Waals surface area contributed by atoms with E-state index in [4.69, 9.17) is 16.3 Å². The molecular formula is C15H19ClINO4S. The van der Waals surface area contributed by atoms with Crippen LogP contribution in [0.4, 0.5) is 0 Å². The van der Waals surface area contributed by atoms with Crippen molar-refractivity contribution in [3.05, 3.63) is 26.3 Å². The molecule has 1 saturated heterocycles. The standard InChI is InChI=1S/C15H19ClINO4S/c1-3-5-18(10-4-6-23(20,21)9-10)15(19)11-7-12(16)13(17)8-14(11)22-2/h7-8,10H,3-6,9H2,1-2H3. The predicted molar refractivity (Wildman–Crippen MR) is 99.1 cm³/mol. The van der Waals surface area contributed by atoms with Crippen LogP contribution in [0.15, 0.2) is 12.1 Å². The summed E-state index contributed by atoms with van der Waals surface area (Å²) in [7, 11) is -1.56. The first-order valence-electron chi connectivity index (χ1n) is 7.33. The molecule has 1 fully saturated rings. The number of ether oxygens (including phenoxy) is 1. The minimum atomic E-state index is -3.06. The summed E-state index contributed by atoms with van der Waals surface area (Å²) >= 11 is 8.22. The number of methoxy groups -OCH3 is 1. The molecule has 0 spiro atoms. The highest BCUT2D eigenvalue weighted by Crippen LogP contribution is 2.30. The van der Waals surface area contributed by atoms with Crippen LogP contribution in [0.1, 0.15) is 30.1 Å². The summed E-state index contributed by atoms with van der Waals surface area (Å²) in [6.07, 6.45) is 1.23. The summed E-state index contributed by atoms with van der Waals surface area (Å²) < 4.78 is 29.6. The monoisotopic (exact) mass is 471 g/mol. The lowest BCUT2D eigenvalue weighted by Gasteiger charge is -2.28. The van der Waals surface area contributed by atoms with Crippen LogP contribution in [0.3, 0.4) is 0 Å². The summed E-state index contributed by atoms with van der Waals surface area (Å²) in [5.41, 5.74) is 0.371. The van der Waals surface area contributed by atoms with Crippen LogP contribution in [-0.2, 0) is 9.84 Å². The van der Waals surface area contributed by atoms with Gasteiger partial charge >= 0.3 is 0 Å². The third-order valence-electron chi connectivity index (χ3n) is 3.85. The van der Waals surface area contributed by atoms with E-state index in [0.717, 1.165) is 9.99 Å². The molecule has 128 valence electrons. The van der Waals surface area contributed by atoms with E-state index in [-0.39, 0.29) is 23.5 Å². The normalized spacial score (nSPS) is 19.6. The first-order chi connectivity index (χ1) is 10.8. The van der Waals surface area contributed by atoms with E-state index < -0.39 is 9.84 Å². The Bertz CT molecular complexity index is 708. The number of sulfone groups is 1. The third kappa shape index (κ3) is 4.30. The van der Waals surface area contributed by atoms with Crippen molar-refractivity contribution in [2.75, 3.05) is 25.2 Å². The highest BCUT2D eigenvalue weighted by atomic mass is 127. The van der Waals surface area contributed by atoms with Gasteiger partial charge in [0.15, 0.2) is 9.84 Å². The van der Waals surface area contributed by atoms with Gasteiger partial charge in [0.25, 0.3) is 5.91 Å². The molecule has 8 heteroatoms. The molecule has 1 aliphatic rings. The van der Waals surface area contributed by atoms with Crippen LogP contribution in [0.5, 0.6) is 5.75 Å². The second-order valence-electron chi connectivity index (χ2n) is 5.52. The summed E-state index contributed by atoms with van der Waals surface area (Å²) in [5.74, 6) is 0.379. The molecular weight excluding hydrogens is 453 g/mol. The van der Waals surface area contributed by atoms with E-state index in [0.29, 0.717) is 29.3 Å². The maximum Gasteiger partial charge on any atom is 0.257 e. The number of hydrogen-bond donors (Lipinski definition) is 0. The molecule has 0 saturated carbocycles. The fourth-order valence-electron chi connectivity index (χ4n) is 2.73. The molecule has 0 aromatic heterocycles. The Morgan fingerprint density at radius 3 is 2.70 bits per heavy atom. The van der Waals surface area contributed by atoms with Crippen molar-refractivity contribution < 1.29 is 17.9 Å². The Morgan fingerprint density at radius 2 is 2.17 bits per heavy atom. The molecule has 0 radical (unpaired) electrons. The molecule has 1 aromatic carbocycles. The number of amides is 1. The Balaban J connectivity index is 2.37. The summed E-state index contributed by atoms with van der Waals surface area (Å²) in [5, 5.41) is 0.477. The van der Waals surface area contributed by atoms with Gasteiger partial charge in [0.1, 0.15) is 5.75 Å². The zero-order valence-corrected chi connectivity index (χ0v) is 16.7. The maximum atomic E-state index is 13.0. The zero-order valence-electron chi connectivity index (χ0n) is 13.0. The first kappa shape index (κ1) is 18.8. The maximum absolute atomic E-state index is 13.0. The van der Waals surface area contributed by atoms with Crippen LogP contribution in [0.25, 0.3) is 0 Å². The molecule has 1 aromatic rings. The largest absolute Gasteiger partial charge is 0.496 e. The number of benzene rings is 1. The summed E-state index contributed by atoms with van der Waals surface area (Å²) in [6.45, 7) is 2.47. The molecule has 0 N–H and O–H groups in total. The SMILES string of the molecule is CCCN(C(=O)c1cc(Cl)c(I)cc1OC)C1CCS(=O)(=O)C1. The molecule has 0 aliphatic carbocycles. The Kier molecular flexibility index (Phi) is 6.18. The van der Waals surface area contributed by atoms with Gasteiger partial charge in [-0.15, -0.1) is 0 Å². The minimum Gasteiger partial charge on any atom is -0.496 e. The number of carbonyl (C=O) groups is 1. The van der Waals surface area contributed by atoms with Crippen molar-refractivity contribution in [2.45, 2.75) is 25.8 Å². The van der Waals surface area contributed by atoms with Gasteiger partial charge in [-0.2, -0.15) is 0 Å². The van der Waals surface area contributed by atoms with Gasteiger partial charge < -0.3 is 9.64 Å². The smallest absolute Gasteiger partial charge is 0.257 e. The average molecular weight is 472 g/mol. The van der Waals surface area contributed by atoms with Crippen molar-refractivity contribution in [1.29, 1.82) is 0 Å². The van der Waals surface area contributed by atoms with Gasteiger partial charge in [-0.25, -0.2) is 8.42 Å². The van der Waals surface area contributed by atoms with Crippen molar-refractivity contribution in [1.82, 2.24) is 4.90 Å². The lowest BCUT2D eigenvalue weighted by Crippen LogP contribution is -2.41. The van der Waals surface area contributed by atoms with E-state index in [1.165, 1.54) is 7.11 Å². The summed E-state index contributed by atoms with van der Waals surface area (Å²) in [6, 6.07) is 3.03. The van der Waals surface area contributed by atoms with E-state index in [2.05, 4.69) is 22.6 Å². The van der Waals surface area contributed by atoms with Crippen molar-refractivity contribution in [3.8, 4) is 5.75 Å². The Morgan fingerprint density at radius 1 is 1.48 bits per heavy atom. The second kappa shape index (κ2) is 7.57. The van der Waals surface area contributed by atoms with Gasteiger partial charge in [-0.3, -0.25) is 4.79 Å². The van der Waals surface area contributed by atoms with E-state index in [1.54, 1.807) is 17.0 Å². The van der Waals surface area contributed by atoms with Gasteiger partial charge in [0, 0.05) is 16.2 Å². The molecule has 1 heterocycles. The fourth-order valence-corrected chi connectivity index (χ4v) is 5.06. The Hall–Kier alpha value is -0.540. The number of nitrogens with zero attached hydrogens (tertiary/aromatic N) is 1. The molecule has 0 bridgehead atoms. The molecule has 1 amide bonds. The first-order valence-corrected chi connectivity index (χ1v) is 10.6. The van der Waals surface area contributed by atoms with Crippen LogP contribution in [0.2, 0.25) is 5.02 Å². The fraction of sp³-hybridized carbons (Fsp3) is 0.533. The highest BCUT2D eigenvalue weighted by molar-refractivity contribution is 14.1. The van der Waals surface area contributed by atoms with E-state index in [9.17, 15) is 13.2 Å². The van der Waals surface area contributed by atoms with E-state index in [1.807, 2.05) is 6.92 Å². The van der Waals surface area contributed by atoms with Gasteiger partial charge in [-0.1, -0.05) is 18.5 Å². The quantitative estimate of drug-likeness (QED) is 0.620. The Labute approximate surface area is 155 Å². The molecule has 1 atom stereocenters. The van der Waals surface area contributed by atoms with Crippen molar-refractivity contribution in [3.63, 3.8) is 0 Å². The predicted octanol–water partition coefficient (Wildman–Crippen LogP) is 2.99. The number of rotatable bonds is 5. The topological polar surface area (TPSA) is 63.7 Å². The number of halogens is 2. The van der Waals surface area contributed by atoms with Crippen LogP contribution < -0.4 is 4.74 Å². The zero-order chi connectivity index (χ0) is 17.2. The average Bonchev–Trinajstić information content (AvgIpc) is 2.86. The van der Waals surface area contributed by atoms with Gasteiger partial charge in [0.05, 0.1) is 29.2 Å². The molecule has 2 rings (SSSR count). The van der Waals surface area contributed by atoms with Crippen LogP contribution >= 0.6 is 34.2 Å². The van der Waals surface area contributed by atoms with Gasteiger partial charge in [-0.05, 0) is 47.6 Å². The lowest BCUT2D eigenvalue weighted by molar-refractivity contribution is 0.0693. The van der Waals surface area contributed by atoms with Gasteiger partial charge in [0.2, 0.25) is 0 Å². The van der Waals surface area contributed by atoms with Crippen molar-refractivity contribution in [2.24, 2.45) is 0 Å². The minimum absolute atomic E-state index is 0.0269. The number of carbonyl (C=O) groups excluding carboxylic acids is 1.